The summed E-state index contributed by atoms with van der Waals surface area (Å²) in [6.45, 7) is 7.92. The molecule has 0 radical (unpaired) electrons. The van der Waals surface area contributed by atoms with Crippen molar-refractivity contribution < 1.29 is 9.09 Å². The van der Waals surface area contributed by atoms with Crippen LogP contribution in [-0.2, 0) is 4.57 Å². The van der Waals surface area contributed by atoms with Crippen LogP contribution >= 0.6 is 7.67 Å². The first kappa shape index (κ1) is 13.7. The molecular weight excluding hydrogens is 235 g/mol. The molecule has 2 N–H and O–H groups in total. The molecule has 0 aliphatic heterocycles. The molecule has 0 aliphatic rings. The minimum Gasteiger partial charge on any atom is -0.422 e. The highest BCUT2D eigenvalue weighted by molar-refractivity contribution is 7.55. The quantitative estimate of drug-likeness (QED) is 0.551. The van der Waals surface area contributed by atoms with Gasteiger partial charge >= 0.3 is 7.67 Å². The van der Waals surface area contributed by atoms with E-state index in [0.29, 0.717) is 18.8 Å². The maximum Gasteiger partial charge on any atom is 0.391 e. The average molecular weight is 252 g/mol. The van der Waals surface area contributed by atoms with Gasteiger partial charge in [-0.1, -0.05) is 30.4 Å². The van der Waals surface area contributed by atoms with E-state index in [9.17, 15) is 4.57 Å². The molecule has 1 aromatic rings. The molecule has 0 atom stereocenters. The molecule has 0 saturated heterocycles. The van der Waals surface area contributed by atoms with E-state index < -0.39 is 7.67 Å². The van der Waals surface area contributed by atoms with Crippen LogP contribution in [0.4, 0.5) is 0 Å². The number of hydrogen-bond acceptors (Lipinski definition) is 2. The van der Waals surface area contributed by atoms with E-state index in [1.165, 1.54) is 0 Å². The maximum absolute atomic E-state index is 12.4. The molecule has 5 heteroatoms. The smallest absolute Gasteiger partial charge is 0.391 e. The largest absolute Gasteiger partial charge is 0.422 e. The van der Waals surface area contributed by atoms with Gasteiger partial charge in [0.25, 0.3) is 0 Å². The van der Waals surface area contributed by atoms with Crippen molar-refractivity contribution in [3.63, 3.8) is 0 Å². The Labute approximate surface area is 102 Å². The molecule has 0 saturated carbocycles. The summed E-state index contributed by atoms with van der Waals surface area (Å²) < 4.78 is 17.8. The summed E-state index contributed by atoms with van der Waals surface area (Å²) in [5.74, 6) is 0.545. The monoisotopic (exact) mass is 252 g/mol. The van der Waals surface area contributed by atoms with Gasteiger partial charge in [-0.15, -0.1) is 13.2 Å². The van der Waals surface area contributed by atoms with Crippen LogP contribution in [0.1, 0.15) is 0 Å². The lowest BCUT2D eigenvalue weighted by Gasteiger charge is -2.19. The molecule has 17 heavy (non-hydrogen) atoms. The molecule has 92 valence electrons. The van der Waals surface area contributed by atoms with Crippen molar-refractivity contribution in [1.29, 1.82) is 0 Å². The molecule has 1 rings (SSSR count). The van der Waals surface area contributed by atoms with Gasteiger partial charge in [-0.2, -0.15) is 0 Å². The molecule has 0 aliphatic carbocycles. The molecule has 1 aromatic carbocycles. The van der Waals surface area contributed by atoms with Gasteiger partial charge in [-0.3, -0.25) is 0 Å². The summed E-state index contributed by atoms with van der Waals surface area (Å²) in [5.41, 5.74) is 0. The first-order valence-electron chi connectivity index (χ1n) is 5.27. The molecule has 0 spiro atoms. The van der Waals surface area contributed by atoms with E-state index in [2.05, 4.69) is 23.3 Å². The Morgan fingerprint density at radius 1 is 1.12 bits per heavy atom. The zero-order valence-electron chi connectivity index (χ0n) is 9.63. The van der Waals surface area contributed by atoms with Crippen molar-refractivity contribution in [3.8, 4) is 5.75 Å². The van der Waals surface area contributed by atoms with Crippen LogP contribution in [0.3, 0.4) is 0 Å². The number of benzene rings is 1. The van der Waals surface area contributed by atoms with E-state index in [1.807, 2.05) is 18.2 Å². The van der Waals surface area contributed by atoms with Crippen LogP contribution in [-0.4, -0.2) is 13.1 Å². The standard InChI is InChI=1S/C12H17N2O2P/c1-3-10-13-17(15,14-11-4-2)16-12-8-6-5-7-9-12/h3-9H,1-2,10-11H2,(H2,13,14,15). The summed E-state index contributed by atoms with van der Waals surface area (Å²) >= 11 is 0. The SMILES string of the molecule is C=CCNP(=O)(NCC=C)Oc1ccccc1. The predicted octanol–water partition coefficient (Wildman–Crippen LogP) is 2.72. The number of hydrogen-bond donors (Lipinski definition) is 2. The third-order valence-corrected chi connectivity index (χ3v) is 3.53. The van der Waals surface area contributed by atoms with Crippen LogP contribution in [0.2, 0.25) is 0 Å². The van der Waals surface area contributed by atoms with Gasteiger partial charge in [0.15, 0.2) is 0 Å². The summed E-state index contributed by atoms with van der Waals surface area (Å²) in [4.78, 5) is 0. The normalized spacial score (nSPS) is 10.8. The van der Waals surface area contributed by atoms with E-state index >= 15 is 0 Å². The summed E-state index contributed by atoms with van der Waals surface area (Å²) in [7, 11) is -3.12. The molecule has 0 fully saturated rings. The second kappa shape index (κ2) is 7.07. The van der Waals surface area contributed by atoms with Gasteiger partial charge in [0.2, 0.25) is 0 Å². The van der Waals surface area contributed by atoms with Gasteiger partial charge in [-0.25, -0.2) is 14.7 Å². The minimum atomic E-state index is -3.12. The number of rotatable bonds is 8. The number of nitrogens with one attached hydrogen (secondary N) is 2. The van der Waals surface area contributed by atoms with Crippen molar-refractivity contribution in [2.75, 3.05) is 13.1 Å². The van der Waals surface area contributed by atoms with Gasteiger partial charge in [0.05, 0.1) is 0 Å². The summed E-state index contributed by atoms with van der Waals surface area (Å²) in [6, 6.07) is 9.00. The Balaban J connectivity index is 2.72. The molecule has 0 bridgehead atoms. The maximum atomic E-state index is 12.4. The van der Waals surface area contributed by atoms with Crippen molar-refractivity contribution in [2.45, 2.75) is 0 Å². The van der Waals surface area contributed by atoms with Crippen LogP contribution in [0.5, 0.6) is 5.75 Å². The van der Waals surface area contributed by atoms with E-state index in [-0.39, 0.29) is 0 Å². The van der Waals surface area contributed by atoms with Gasteiger partial charge < -0.3 is 4.52 Å². The summed E-state index contributed by atoms with van der Waals surface area (Å²) in [6.07, 6.45) is 3.24. The zero-order valence-corrected chi connectivity index (χ0v) is 10.5. The molecule has 0 aromatic heterocycles. The van der Waals surface area contributed by atoms with E-state index in [1.54, 1.807) is 24.3 Å². The molecular formula is C12H17N2O2P. The third kappa shape index (κ3) is 5.00. The van der Waals surface area contributed by atoms with Crippen LogP contribution in [0, 0.1) is 0 Å². The fourth-order valence-electron chi connectivity index (χ4n) is 1.12. The highest BCUT2D eigenvalue weighted by atomic mass is 31.2. The Hall–Kier alpha value is -1.35. The van der Waals surface area contributed by atoms with E-state index in [0.717, 1.165) is 0 Å². The van der Waals surface area contributed by atoms with Gasteiger partial charge in [-0.05, 0) is 12.1 Å². The number of para-hydroxylation sites is 1. The Bertz CT molecular complexity index is 390. The predicted molar refractivity (Wildman–Crippen MR) is 71.1 cm³/mol. The Morgan fingerprint density at radius 3 is 2.12 bits per heavy atom. The molecule has 0 unspecified atom stereocenters. The lowest BCUT2D eigenvalue weighted by atomic mass is 10.3. The summed E-state index contributed by atoms with van der Waals surface area (Å²) in [5, 5.41) is 5.57. The molecule has 0 amide bonds. The lowest BCUT2D eigenvalue weighted by Crippen LogP contribution is -2.26. The van der Waals surface area contributed by atoms with Crippen LogP contribution < -0.4 is 14.7 Å². The Kier molecular flexibility index (Phi) is 5.70. The first-order chi connectivity index (χ1) is 8.20. The first-order valence-corrected chi connectivity index (χ1v) is 6.89. The third-order valence-electron chi connectivity index (χ3n) is 1.86. The second-order valence-electron chi connectivity index (χ2n) is 3.26. The Morgan fingerprint density at radius 2 is 1.65 bits per heavy atom. The molecule has 0 heterocycles. The van der Waals surface area contributed by atoms with Gasteiger partial charge in [0.1, 0.15) is 5.75 Å². The second-order valence-corrected chi connectivity index (χ2v) is 5.18. The van der Waals surface area contributed by atoms with Crippen LogP contribution in [0.25, 0.3) is 0 Å². The molecule has 4 nitrogen and oxygen atoms in total. The lowest BCUT2D eigenvalue weighted by molar-refractivity contribution is 0.458. The van der Waals surface area contributed by atoms with Crippen molar-refractivity contribution in [2.24, 2.45) is 0 Å². The van der Waals surface area contributed by atoms with Crippen molar-refractivity contribution >= 4 is 7.67 Å². The highest BCUT2D eigenvalue weighted by Gasteiger charge is 2.22. The van der Waals surface area contributed by atoms with Crippen LogP contribution in [0.15, 0.2) is 55.6 Å². The minimum absolute atomic E-state index is 0.397. The topological polar surface area (TPSA) is 50.4 Å². The zero-order chi connectivity index (χ0) is 12.6. The fourth-order valence-corrected chi connectivity index (χ4v) is 2.52. The van der Waals surface area contributed by atoms with Crippen molar-refractivity contribution in [1.82, 2.24) is 10.2 Å². The van der Waals surface area contributed by atoms with Crippen molar-refractivity contribution in [3.05, 3.63) is 55.6 Å². The highest BCUT2D eigenvalue weighted by Crippen LogP contribution is 2.38. The fraction of sp³-hybridized carbons (Fsp3) is 0.167. The van der Waals surface area contributed by atoms with E-state index in [4.69, 9.17) is 4.52 Å². The average Bonchev–Trinajstić information content (AvgIpc) is 2.35. The van der Waals surface area contributed by atoms with Gasteiger partial charge in [0, 0.05) is 13.1 Å².